The first-order valence-corrected chi connectivity index (χ1v) is 5.76. The van der Waals surface area contributed by atoms with Crippen LogP contribution in [-0.2, 0) is 4.79 Å². The minimum absolute atomic E-state index is 0.729. The van der Waals surface area contributed by atoms with E-state index in [1.807, 2.05) is 18.2 Å². The Kier molecular flexibility index (Phi) is 9.35. The van der Waals surface area contributed by atoms with Crippen LogP contribution in [0.2, 0.25) is 0 Å². The number of carbonyl (C=O) groups excluding carboxylic acids is 2. The minimum atomic E-state index is -1.86. The number of hydrogen-bond donors (Lipinski definition) is 5. The van der Waals surface area contributed by atoms with E-state index >= 15 is 0 Å². The average molecular weight is 286 g/mol. The molecule has 0 aliphatic carbocycles. The van der Waals surface area contributed by atoms with Gasteiger partial charge in [0.2, 0.25) is 0 Å². The number of ketones is 1. The Morgan fingerprint density at radius 3 is 2.00 bits per heavy atom. The van der Waals surface area contributed by atoms with Crippen molar-refractivity contribution in [1.82, 2.24) is 0 Å². The van der Waals surface area contributed by atoms with Crippen LogP contribution in [0.4, 0.5) is 0 Å². The largest absolute Gasteiger partial charge is 0.394 e. The highest BCUT2D eigenvalue weighted by molar-refractivity contribution is 5.84. The smallest absolute Gasteiger partial charge is 0.189 e. The molecule has 0 aliphatic rings. The molecule has 0 fully saturated rings. The summed E-state index contributed by atoms with van der Waals surface area (Å²) in [4.78, 5) is 20.5. The van der Waals surface area contributed by atoms with E-state index < -0.39 is 37.3 Å². The normalized spacial score (nSPS) is 14.4. The Bertz CT molecular complexity index is 393. The van der Waals surface area contributed by atoms with Gasteiger partial charge in [-0.2, -0.15) is 0 Å². The lowest BCUT2D eigenvalue weighted by molar-refractivity contribution is -0.142. The molecule has 0 saturated heterocycles. The standard InChI is InChI=1S/C7H6O.C6H12O6/c8-6-7-4-2-1-3-5-7;7-1-3(9)5(11)6(12)4(10)2-8/h1-6H;3,5-9,11-12H,1-2H2/t;3-,5+,6+/m.1/s1. The van der Waals surface area contributed by atoms with Gasteiger partial charge >= 0.3 is 0 Å². The molecular formula is C13H18O7. The minimum Gasteiger partial charge on any atom is -0.394 e. The van der Waals surface area contributed by atoms with Gasteiger partial charge in [-0.15, -0.1) is 0 Å². The van der Waals surface area contributed by atoms with Crippen LogP contribution in [-0.4, -0.2) is 69.1 Å². The molecule has 0 spiro atoms. The Labute approximate surface area is 115 Å². The van der Waals surface area contributed by atoms with Crippen LogP contribution in [0.1, 0.15) is 10.4 Å². The van der Waals surface area contributed by atoms with Crippen LogP contribution in [0.15, 0.2) is 30.3 Å². The van der Waals surface area contributed by atoms with Gasteiger partial charge in [-0.3, -0.25) is 9.59 Å². The summed E-state index contributed by atoms with van der Waals surface area (Å²) in [6.07, 6.45) is -4.39. The molecule has 0 radical (unpaired) electrons. The van der Waals surface area contributed by atoms with Crippen molar-refractivity contribution in [3.63, 3.8) is 0 Å². The maximum absolute atomic E-state index is 10.5. The van der Waals surface area contributed by atoms with Gasteiger partial charge in [0.1, 0.15) is 31.2 Å². The molecule has 0 aromatic heterocycles. The summed E-state index contributed by atoms with van der Waals surface area (Å²) in [5, 5.41) is 43.1. The monoisotopic (exact) mass is 286 g/mol. The fourth-order valence-corrected chi connectivity index (χ4v) is 1.13. The van der Waals surface area contributed by atoms with Crippen molar-refractivity contribution >= 4 is 12.1 Å². The first kappa shape index (κ1) is 18.4. The highest BCUT2D eigenvalue weighted by Crippen LogP contribution is 2.00. The SMILES string of the molecule is O=C(CO)[C@H](O)[C@@H](O)[C@H](O)CO.O=Cc1ccccc1. The molecule has 7 nitrogen and oxygen atoms in total. The highest BCUT2D eigenvalue weighted by Gasteiger charge is 2.28. The van der Waals surface area contributed by atoms with Gasteiger partial charge in [0.25, 0.3) is 0 Å². The first-order valence-electron chi connectivity index (χ1n) is 5.76. The lowest BCUT2D eigenvalue weighted by Gasteiger charge is -2.19. The number of aliphatic hydroxyl groups excluding tert-OH is 5. The molecule has 5 N–H and O–H groups in total. The topological polar surface area (TPSA) is 135 Å². The van der Waals surface area contributed by atoms with Crippen molar-refractivity contribution in [2.45, 2.75) is 18.3 Å². The van der Waals surface area contributed by atoms with Crippen molar-refractivity contribution in [2.75, 3.05) is 13.2 Å². The molecule has 20 heavy (non-hydrogen) atoms. The van der Waals surface area contributed by atoms with Crippen LogP contribution < -0.4 is 0 Å². The summed E-state index contributed by atoms with van der Waals surface area (Å²) in [5.41, 5.74) is 0.729. The quantitative estimate of drug-likeness (QED) is 0.386. The summed E-state index contributed by atoms with van der Waals surface area (Å²) >= 11 is 0. The maximum atomic E-state index is 10.5. The molecule has 0 unspecified atom stereocenters. The lowest BCUT2D eigenvalue weighted by Crippen LogP contribution is -2.44. The predicted octanol–water partition coefficient (Wildman–Crippen LogP) is -1.88. The molecule has 3 atom stereocenters. The van der Waals surface area contributed by atoms with Gasteiger partial charge in [-0.1, -0.05) is 30.3 Å². The molecule has 0 bridgehead atoms. The number of rotatable bonds is 6. The maximum Gasteiger partial charge on any atom is 0.189 e. The lowest BCUT2D eigenvalue weighted by atomic mass is 10.1. The third-order valence-electron chi connectivity index (χ3n) is 2.33. The Hall–Kier alpha value is -1.64. The fourth-order valence-electron chi connectivity index (χ4n) is 1.13. The average Bonchev–Trinajstić information content (AvgIpc) is 2.53. The Morgan fingerprint density at radius 2 is 1.65 bits per heavy atom. The molecular weight excluding hydrogens is 268 g/mol. The zero-order valence-corrected chi connectivity index (χ0v) is 10.7. The summed E-state index contributed by atoms with van der Waals surface area (Å²) in [6.45, 7) is -1.69. The van der Waals surface area contributed by atoms with Crippen LogP contribution in [0.3, 0.4) is 0 Å². The molecule has 7 heteroatoms. The number of hydrogen-bond acceptors (Lipinski definition) is 7. The third kappa shape index (κ3) is 6.50. The van der Waals surface area contributed by atoms with Crippen LogP contribution >= 0.6 is 0 Å². The van der Waals surface area contributed by atoms with E-state index in [0.717, 1.165) is 11.8 Å². The zero-order chi connectivity index (χ0) is 15.5. The van der Waals surface area contributed by atoms with Crippen molar-refractivity contribution in [2.24, 2.45) is 0 Å². The number of benzene rings is 1. The Morgan fingerprint density at radius 1 is 1.10 bits per heavy atom. The molecule has 0 heterocycles. The van der Waals surface area contributed by atoms with Gasteiger partial charge in [0.15, 0.2) is 5.78 Å². The molecule has 0 aliphatic heterocycles. The van der Waals surface area contributed by atoms with Crippen molar-refractivity contribution in [3.05, 3.63) is 35.9 Å². The highest BCUT2D eigenvalue weighted by atomic mass is 16.4. The van der Waals surface area contributed by atoms with E-state index in [1.165, 1.54) is 0 Å². The van der Waals surface area contributed by atoms with Crippen molar-refractivity contribution < 1.29 is 35.1 Å². The summed E-state index contributed by atoms with van der Waals surface area (Å²) in [6, 6.07) is 9.10. The van der Waals surface area contributed by atoms with Crippen LogP contribution in [0.25, 0.3) is 0 Å². The molecule has 112 valence electrons. The number of carbonyl (C=O) groups is 2. The number of Topliss-reactive ketones (excluding diaryl/α,β-unsaturated/α-hetero) is 1. The van der Waals surface area contributed by atoms with Gasteiger partial charge in [-0.25, -0.2) is 0 Å². The summed E-state index contributed by atoms with van der Waals surface area (Å²) in [5.74, 6) is -1.00. The van der Waals surface area contributed by atoms with E-state index in [-0.39, 0.29) is 0 Å². The second-order valence-corrected chi connectivity index (χ2v) is 3.84. The fraction of sp³-hybridized carbons (Fsp3) is 0.385. The molecule has 1 aromatic carbocycles. The number of aldehydes is 1. The van der Waals surface area contributed by atoms with Crippen molar-refractivity contribution in [3.8, 4) is 0 Å². The molecule has 0 amide bonds. The number of aliphatic hydroxyl groups is 5. The molecule has 0 saturated carbocycles. The third-order valence-corrected chi connectivity index (χ3v) is 2.33. The van der Waals surface area contributed by atoms with E-state index in [2.05, 4.69) is 0 Å². The summed E-state index contributed by atoms with van der Waals surface area (Å²) < 4.78 is 0. The molecule has 1 aromatic rings. The van der Waals surface area contributed by atoms with E-state index in [0.29, 0.717) is 0 Å². The predicted molar refractivity (Wildman–Crippen MR) is 69.0 cm³/mol. The Balaban J connectivity index is 0.000000388. The van der Waals surface area contributed by atoms with E-state index in [4.69, 9.17) is 25.5 Å². The van der Waals surface area contributed by atoms with Gasteiger partial charge < -0.3 is 25.5 Å². The van der Waals surface area contributed by atoms with Gasteiger partial charge in [0, 0.05) is 5.56 Å². The van der Waals surface area contributed by atoms with E-state index in [1.54, 1.807) is 12.1 Å². The molecule has 1 rings (SSSR count). The van der Waals surface area contributed by atoms with Crippen molar-refractivity contribution in [1.29, 1.82) is 0 Å². The second kappa shape index (κ2) is 10.2. The summed E-state index contributed by atoms with van der Waals surface area (Å²) in [7, 11) is 0. The van der Waals surface area contributed by atoms with E-state index in [9.17, 15) is 9.59 Å². The van der Waals surface area contributed by atoms with Crippen LogP contribution in [0.5, 0.6) is 0 Å². The second-order valence-electron chi connectivity index (χ2n) is 3.84. The van der Waals surface area contributed by atoms with Crippen LogP contribution in [0, 0.1) is 0 Å². The van der Waals surface area contributed by atoms with Gasteiger partial charge in [0.05, 0.1) is 6.61 Å². The van der Waals surface area contributed by atoms with Gasteiger partial charge in [-0.05, 0) is 0 Å². The zero-order valence-electron chi connectivity index (χ0n) is 10.7. The first-order chi connectivity index (χ1) is 9.47.